The lowest BCUT2D eigenvalue weighted by molar-refractivity contribution is -0.133. The van der Waals surface area contributed by atoms with E-state index in [9.17, 15) is 9.59 Å². The third-order valence-corrected chi connectivity index (χ3v) is 3.37. The minimum absolute atomic E-state index is 0.0940. The van der Waals surface area contributed by atoms with Crippen molar-refractivity contribution in [2.45, 2.75) is 18.6 Å². The molecule has 0 radical (unpaired) electrons. The summed E-state index contributed by atoms with van der Waals surface area (Å²) < 4.78 is 1.72. The summed E-state index contributed by atoms with van der Waals surface area (Å²) in [6.45, 7) is 2.44. The zero-order valence-corrected chi connectivity index (χ0v) is 11.0. The number of carboxylic acids is 1. The molecule has 0 aliphatic rings. The Kier molecular flexibility index (Phi) is 4.00. The second-order valence-electron chi connectivity index (χ2n) is 3.66. The highest BCUT2D eigenvalue weighted by atomic mass is 32.2. The lowest BCUT2D eigenvalue weighted by Gasteiger charge is -2.05. The molecule has 2 aromatic heterocycles. The largest absolute Gasteiger partial charge is 0.481 e. The van der Waals surface area contributed by atoms with E-state index in [-0.39, 0.29) is 11.2 Å². The summed E-state index contributed by atoms with van der Waals surface area (Å²) in [5, 5.41) is 17.1. The first kappa shape index (κ1) is 13.3. The molecule has 7 nitrogen and oxygen atoms in total. The van der Waals surface area contributed by atoms with Crippen LogP contribution in [-0.4, -0.2) is 36.6 Å². The summed E-state index contributed by atoms with van der Waals surface area (Å²) in [5.74, 6) is -0.574. The maximum Gasteiger partial charge on any atom is 0.313 e. The van der Waals surface area contributed by atoms with Crippen molar-refractivity contribution in [3.63, 3.8) is 0 Å². The number of nitrogens with zero attached hydrogens (tertiary/aromatic N) is 3. The van der Waals surface area contributed by atoms with E-state index in [1.807, 2.05) is 6.92 Å². The predicted molar refractivity (Wildman–Crippen MR) is 70.1 cm³/mol. The van der Waals surface area contributed by atoms with Crippen LogP contribution < -0.4 is 5.43 Å². The summed E-state index contributed by atoms with van der Waals surface area (Å²) in [7, 11) is 0. The van der Waals surface area contributed by atoms with Gasteiger partial charge in [0.05, 0.1) is 11.3 Å². The Balaban J connectivity index is 2.40. The second-order valence-corrected chi connectivity index (χ2v) is 4.60. The van der Waals surface area contributed by atoms with Crippen molar-refractivity contribution >= 4 is 17.7 Å². The molecule has 0 saturated carbocycles. The molecule has 2 heterocycles. The van der Waals surface area contributed by atoms with Crippen molar-refractivity contribution in [2.75, 3.05) is 5.75 Å². The molecule has 2 N–H and O–H groups in total. The lowest BCUT2D eigenvalue weighted by atomic mass is 10.2. The van der Waals surface area contributed by atoms with E-state index in [4.69, 9.17) is 5.11 Å². The fraction of sp³-hybridized carbons (Fsp3) is 0.273. The van der Waals surface area contributed by atoms with Crippen molar-refractivity contribution in [3.8, 4) is 11.4 Å². The highest BCUT2D eigenvalue weighted by Gasteiger charge is 2.15. The number of rotatable bonds is 5. The molecular formula is C11H12N4O3S. The Morgan fingerprint density at radius 1 is 1.53 bits per heavy atom. The van der Waals surface area contributed by atoms with Gasteiger partial charge >= 0.3 is 5.97 Å². The number of hydrogen-bond acceptors (Lipinski definition) is 5. The van der Waals surface area contributed by atoms with E-state index in [2.05, 4.69) is 15.2 Å². The molecule has 0 aliphatic carbocycles. The van der Waals surface area contributed by atoms with Gasteiger partial charge in [0.25, 0.3) is 0 Å². The SMILES string of the molecule is CCn1c(SCC(=O)O)nnc1-c1c[nH]ccc1=O. The van der Waals surface area contributed by atoms with E-state index < -0.39 is 5.97 Å². The Hall–Kier alpha value is -2.09. The van der Waals surface area contributed by atoms with Crippen LogP contribution in [0.15, 0.2) is 28.4 Å². The monoisotopic (exact) mass is 280 g/mol. The molecular weight excluding hydrogens is 268 g/mol. The molecule has 19 heavy (non-hydrogen) atoms. The molecule has 0 bridgehead atoms. The zero-order chi connectivity index (χ0) is 13.8. The van der Waals surface area contributed by atoms with Gasteiger partial charge in [0.2, 0.25) is 0 Å². The van der Waals surface area contributed by atoms with Gasteiger partial charge in [0.15, 0.2) is 16.4 Å². The predicted octanol–water partition coefficient (Wildman–Crippen LogP) is 0.830. The number of carbonyl (C=O) groups is 1. The Bertz CT molecular complexity index is 649. The fourth-order valence-corrected chi connectivity index (χ4v) is 2.32. The molecule has 0 aliphatic heterocycles. The number of aliphatic carboxylic acids is 1. The summed E-state index contributed by atoms with van der Waals surface area (Å²) in [6.07, 6.45) is 3.10. The maximum absolute atomic E-state index is 11.8. The van der Waals surface area contributed by atoms with Crippen molar-refractivity contribution in [2.24, 2.45) is 0 Å². The lowest BCUT2D eigenvalue weighted by Crippen LogP contribution is -2.09. The first-order valence-electron chi connectivity index (χ1n) is 5.58. The summed E-state index contributed by atoms with van der Waals surface area (Å²) in [4.78, 5) is 25.2. The van der Waals surface area contributed by atoms with E-state index in [0.717, 1.165) is 11.8 Å². The van der Waals surface area contributed by atoms with Crippen molar-refractivity contribution in [3.05, 3.63) is 28.7 Å². The molecule has 100 valence electrons. The van der Waals surface area contributed by atoms with Crippen LogP contribution in [-0.2, 0) is 11.3 Å². The van der Waals surface area contributed by atoms with Crippen LogP contribution in [0, 0.1) is 0 Å². The quantitative estimate of drug-likeness (QED) is 0.787. The molecule has 2 aromatic rings. The number of nitrogens with one attached hydrogen (secondary N) is 1. The average molecular weight is 280 g/mol. The van der Waals surface area contributed by atoms with Gasteiger partial charge in [-0.05, 0) is 6.92 Å². The highest BCUT2D eigenvalue weighted by Crippen LogP contribution is 2.21. The molecule has 0 amide bonds. The molecule has 0 unspecified atom stereocenters. The van der Waals surface area contributed by atoms with E-state index in [1.54, 1.807) is 17.0 Å². The van der Waals surface area contributed by atoms with Crippen LogP contribution in [0.1, 0.15) is 6.92 Å². The maximum atomic E-state index is 11.8. The van der Waals surface area contributed by atoms with E-state index >= 15 is 0 Å². The molecule has 2 rings (SSSR count). The minimum Gasteiger partial charge on any atom is -0.481 e. The van der Waals surface area contributed by atoms with Crippen LogP contribution in [0.3, 0.4) is 0 Å². The average Bonchev–Trinajstić information content (AvgIpc) is 2.79. The van der Waals surface area contributed by atoms with Gasteiger partial charge in [-0.25, -0.2) is 0 Å². The minimum atomic E-state index is -0.922. The molecule has 0 aromatic carbocycles. The Labute approximate surface area is 112 Å². The highest BCUT2D eigenvalue weighted by molar-refractivity contribution is 7.99. The van der Waals surface area contributed by atoms with Crippen LogP contribution in [0.2, 0.25) is 0 Å². The van der Waals surface area contributed by atoms with Gasteiger partial charge < -0.3 is 14.7 Å². The second kappa shape index (κ2) is 5.70. The molecule has 0 spiro atoms. The first-order valence-corrected chi connectivity index (χ1v) is 6.57. The third-order valence-electron chi connectivity index (χ3n) is 2.42. The number of pyridine rings is 1. The number of aromatic amines is 1. The van der Waals surface area contributed by atoms with Gasteiger partial charge in [0.1, 0.15) is 0 Å². The van der Waals surface area contributed by atoms with Gasteiger partial charge in [-0.1, -0.05) is 11.8 Å². The third kappa shape index (κ3) is 2.84. The molecule has 8 heteroatoms. The number of H-pyrrole nitrogens is 1. The summed E-state index contributed by atoms with van der Waals surface area (Å²) in [6, 6.07) is 1.41. The van der Waals surface area contributed by atoms with Crippen molar-refractivity contribution in [1.29, 1.82) is 0 Å². The van der Waals surface area contributed by atoms with Crippen LogP contribution in [0.25, 0.3) is 11.4 Å². The summed E-state index contributed by atoms with van der Waals surface area (Å²) >= 11 is 1.08. The topological polar surface area (TPSA) is 101 Å². The molecule has 0 fully saturated rings. The number of carboxylic acid groups (broad SMARTS) is 1. The Morgan fingerprint density at radius 3 is 2.95 bits per heavy atom. The zero-order valence-electron chi connectivity index (χ0n) is 10.2. The van der Waals surface area contributed by atoms with Gasteiger partial charge in [-0.15, -0.1) is 10.2 Å². The smallest absolute Gasteiger partial charge is 0.313 e. The van der Waals surface area contributed by atoms with E-state index in [0.29, 0.717) is 23.1 Å². The molecule has 0 atom stereocenters. The van der Waals surface area contributed by atoms with E-state index in [1.165, 1.54) is 6.07 Å². The first-order chi connectivity index (χ1) is 9.13. The number of thioether (sulfide) groups is 1. The van der Waals surface area contributed by atoms with Gasteiger partial charge in [0, 0.05) is 25.0 Å². The standard InChI is InChI=1S/C11H12N4O3S/c1-2-15-10(7-5-12-4-3-8(7)16)13-14-11(15)19-6-9(17)18/h3-5H,2,6H2,1H3,(H,12,16)(H,17,18). The van der Waals surface area contributed by atoms with Crippen LogP contribution >= 0.6 is 11.8 Å². The normalized spacial score (nSPS) is 10.6. The number of hydrogen-bond donors (Lipinski definition) is 2. The summed E-state index contributed by atoms with van der Waals surface area (Å²) in [5.41, 5.74) is 0.259. The van der Waals surface area contributed by atoms with Crippen molar-refractivity contribution < 1.29 is 9.90 Å². The van der Waals surface area contributed by atoms with Gasteiger partial charge in [-0.3, -0.25) is 9.59 Å². The number of aromatic nitrogens is 4. The van der Waals surface area contributed by atoms with Crippen LogP contribution in [0.4, 0.5) is 0 Å². The Morgan fingerprint density at radius 2 is 2.32 bits per heavy atom. The fourth-order valence-electron chi connectivity index (χ4n) is 1.60. The van der Waals surface area contributed by atoms with Gasteiger partial charge in [-0.2, -0.15) is 0 Å². The van der Waals surface area contributed by atoms with Crippen molar-refractivity contribution in [1.82, 2.24) is 19.7 Å². The van der Waals surface area contributed by atoms with Crippen LogP contribution in [0.5, 0.6) is 0 Å². The molecule has 0 saturated heterocycles.